The summed E-state index contributed by atoms with van der Waals surface area (Å²) in [6, 6.07) is 20.3. The number of carbonyl (C=O) groups excluding carboxylic acids is 1. The van der Waals surface area contributed by atoms with Crippen LogP contribution < -0.4 is 4.90 Å². The molecule has 2 heterocycles. The second kappa shape index (κ2) is 9.24. The number of hydrogen-bond acceptors (Lipinski definition) is 6. The lowest BCUT2D eigenvalue weighted by Gasteiger charge is -2.25. The molecule has 0 saturated carbocycles. The van der Waals surface area contributed by atoms with Crippen LogP contribution in [0.4, 0.5) is 5.82 Å². The molecule has 7 heteroatoms. The zero-order valence-corrected chi connectivity index (χ0v) is 18.0. The minimum absolute atomic E-state index is 0.154. The monoisotopic (exact) mass is 437 g/mol. The molecule has 0 saturated heterocycles. The molecular weight excluding hydrogens is 418 g/mol. The Morgan fingerprint density at radius 2 is 1.60 bits per heavy atom. The Hall–Kier alpha value is -2.96. The normalized spacial score (nSPS) is 10.9. The Balaban J connectivity index is 1.84. The third kappa shape index (κ3) is 4.45. The van der Waals surface area contributed by atoms with Crippen molar-refractivity contribution in [1.82, 2.24) is 9.97 Å². The van der Waals surface area contributed by atoms with Gasteiger partial charge in [-0.3, -0.25) is 0 Å². The van der Waals surface area contributed by atoms with E-state index in [2.05, 4.69) is 39.1 Å². The van der Waals surface area contributed by atoms with E-state index in [1.807, 2.05) is 36.4 Å². The molecule has 0 aliphatic heterocycles. The number of rotatable bonds is 7. The van der Waals surface area contributed by atoms with E-state index in [1.165, 1.54) is 11.3 Å². The fraction of sp³-hybridized carbons (Fsp3) is 0.174. The van der Waals surface area contributed by atoms with E-state index in [0.29, 0.717) is 41.3 Å². The summed E-state index contributed by atoms with van der Waals surface area (Å²) >= 11 is 7.63. The molecule has 0 radical (unpaired) electrons. The predicted octanol–water partition coefficient (Wildman–Crippen LogP) is 5.73. The first-order valence-electron chi connectivity index (χ1n) is 9.60. The third-order valence-electron chi connectivity index (χ3n) is 4.61. The molecule has 2 aromatic carbocycles. The number of thiophene rings is 1. The number of nitrogens with zero attached hydrogens (tertiary/aromatic N) is 3. The SMILES string of the molecule is CCOC(=O)c1csc2nc(Cl)nc(N(Cc3ccccc3)Cc3ccccc3)c12. The van der Waals surface area contributed by atoms with Crippen molar-refractivity contribution >= 4 is 44.9 Å². The van der Waals surface area contributed by atoms with E-state index in [4.69, 9.17) is 16.3 Å². The van der Waals surface area contributed by atoms with Crippen LogP contribution in [0.15, 0.2) is 66.0 Å². The summed E-state index contributed by atoms with van der Waals surface area (Å²) < 4.78 is 5.26. The Kier molecular flexibility index (Phi) is 6.26. The molecule has 5 nitrogen and oxygen atoms in total. The van der Waals surface area contributed by atoms with Gasteiger partial charge < -0.3 is 9.64 Å². The molecule has 0 spiro atoms. The molecule has 30 heavy (non-hydrogen) atoms. The van der Waals surface area contributed by atoms with Crippen molar-refractivity contribution in [3.8, 4) is 0 Å². The summed E-state index contributed by atoms with van der Waals surface area (Å²) in [6.45, 7) is 3.31. The summed E-state index contributed by atoms with van der Waals surface area (Å²) in [5.74, 6) is 0.248. The van der Waals surface area contributed by atoms with Crippen molar-refractivity contribution in [1.29, 1.82) is 0 Å². The lowest BCUT2D eigenvalue weighted by atomic mass is 10.1. The highest BCUT2D eigenvalue weighted by Gasteiger charge is 2.23. The number of carbonyl (C=O) groups is 1. The van der Waals surface area contributed by atoms with Gasteiger partial charge in [-0.1, -0.05) is 60.7 Å². The number of benzene rings is 2. The van der Waals surface area contributed by atoms with E-state index < -0.39 is 0 Å². The van der Waals surface area contributed by atoms with Crippen LogP contribution >= 0.6 is 22.9 Å². The maximum atomic E-state index is 12.6. The van der Waals surface area contributed by atoms with E-state index in [9.17, 15) is 4.79 Å². The van der Waals surface area contributed by atoms with Crippen LogP contribution in [0, 0.1) is 0 Å². The minimum Gasteiger partial charge on any atom is -0.462 e. The van der Waals surface area contributed by atoms with E-state index in [1.54, 1.807) is 12.3 Å². The van der Waals surface area contributed by atoms with Gasteiger partial charge in [0.2, 0.25) is 5.28 Å². The standard InChI is InChI=1S/C23H20ClN3O2S/c1-2-29-22(28)18-15-30-21-19(18)20(25-23(24)26-21)27(13-16-9-5-3-6-10-16)14-17-11-7-4-8-12-17/h3-12,15H,2,13-14H2,1H3. The van der Waals surface area contributed by atoms with Gasteiger partial charge in [0.05, 0.1) is 17.6 Å². The van der Waals surface area contributed by atoms with Gasteiger partial charge in [-0.25, -0.2) is 9.78 Å². The molecule has 0 unspecified atom stereocenters. The number of halogens is 1. The van der Waals surface area contributed by atoms with Crippen LogP contribution in [0.2, 0.25) is 5.28 Å². The molecule has 2 aromatic heterocycles. The molecule has 0 aliphatic rings. The van der Waals surface area contributed by atoms with Gasteiger partial charge in [-0.15, -0.1) is 11.3 Å². The number of aromatic nitrogens is 2. The van der Waals surface area contributed by atoms with Crippen molar-refractivity contribution in [2.24, 2.45) is 0 Å². The first kappa shape index (κ1) is 20.3. The van der Waals surface area contributed by atoms with Gasteiger partial charge in [0.25, 0.3) is 0 Å². The minimum atomic E-state index is -0.379. The topological polar surface area (TPSA) is 55.3 Å². The highest BCUT2D eigenvalue weighted by Crippen LogP contribution is 2.35. The molecule has 0 N–H and O–H groups in total. The lowest BCUT2D eigenvalue weighted by molar-refractivity contribution is 0.0529. The Morgan fingerprint density at radius 1 is 1.00 bits per heavy atom. The van der Waals surface area contributed by atoms with E-state index in [0.717, 1.165) is 11.1 Å². The smallest absolute Gasteiger partial charge is 0.339 e. The highest BCUT2D eigenvalue weighted by atomic mass is 35.5. The van der Waals surface area contributed by atoms with E-state index in [-0.39, 0.29) is 11.3 Å². The highest BCUT2D eigenvalue weighted by molar-refractivity contribution is 7.17. The average Bonchev–Trinajstić information content (AvgIpc) is 3.18. The molecule has 0 amide bonds. The van der Waals surface area contributed by atoms with Gasteiger partial charge in [-0.2, -0.15) is 4.98 Å². The number of fused-ring (bicyclic) bond motifs is 1. The van der Waals surface area contributed by atoms with Gasteiger partial charge in [0.1, 0.15) is 10.6 Å². The van der Waals surface area contributed by atoms with Gasteiger partial charge in [0, 0.05) is 18.5 Å². The molecule has 4 rings (SSSR count). The number of anilines is 1. The van der Waals surface area contributed by atoms with Gasteiger partial charge in [-0.05, 0) is 29.7 Å². The first-order valence-corrected chi connectivity index (χ1v) is 10.9. The molecule has 0 atom stereocenters. The summed E-state index contributed by atoms with van der Waals surface area (Å²) in [4.78, 5) is 24.2. The first-order chi connectivity index (χ1) is 14.7. The van der Waals surface area contributed by atoms with Crippen LogP contribution in [0.25, 0.3) is 10.2 Å². The van der Waals surface area contributed by atoms with Gasteiger partial charge in [0.15, 0.2) is 0 Å². The van der Waals surface area contributed by atoms with Crippen molar-refractivity contribution in [3.63, 3.8) is 0 Å². The van der Waals surface area contributed by atoms with Crippen LogP contribution in [0.3, 0.4) is 0 Å². The molecule has 4 aromatic rings. The number of ether oxygens (including phenoxy) is 1. The Bertz CT molecular complexity index is 1110. The zero-order valence-electron chi connectivity index (χ0n) is 16.4. The molecule has 0 aliphatic carbocycles. The largest absolute Gasteiger partial charge is 0.462 e. The summed E-state index contributed by atoms with van der Waals surface area (Å²) in [5.41, 5.74) is 2.73. The average molecular weight is 438 g/mol. The van der Waals surface area contributed by atoms with E-state index >= 15 is 0 Å². The third-order valence-corrected chi connectivity index (χ3v) is 5.66. The number of hydrogen-bond donors (Lipinski definition) is 0. The maximum Gasteiger partial charge on any atom is 0.339 e. The van der Waals surface area contributed by atoms with Crippen molar-refractivity contribution in [2.45, 2.75) is 20.0 Å². The van der Waals surface area contributed by atoms with Crippen LogP contribution in [-0.4, -0.2) is 22.5 Å². The lowest BCUT2D eigenvalue weighted by Crippen LogP contribution is -2.24. The van der Waals surface area contributed by atoms with Crippen LogP contribution in [-0.2, 0) is 17.8 Å². The van der Waals surface area contributed by atoms with Crippen molar-refractivity contribution in [2.75, 3.05) is 11.5 Å². The number of esters is 1. The second-order valence-electron chi connectivity index (χ2n) is 6.69. The van der Waals surface area contributed by atoms with Crippen molar-refractivity contribution < 1.29 is 9.53 Å². The van der Waals surface area contributed by atoms with Crippen LogP contribution in [0.5, 0.6) is 0 Å². The fourth-order valence-corrected chi connectivity index (χ4v) is 4.42. The summed E-state index contributed by atoms with van der Waals surface area (Å²) in [6.07, 6.45) is 0. The Labute approximate surface area is 183 Å². The predicted molar refractivity (Wildman–Crippen MR) is 121 cm³/mol. The summed E-state index contributed by atoms with van der Waals surface area (Å²) in [5, 5.41) is 2.59. The summed E-state index contributed by atoms with van der Waals surface area (Å²) in [7, 11) is 0. The molecule has 0 bridgehead atoms. The maximum absolute atomic E-state index is 12.6. The van der Waals surface area contributed by atoms with Crippen LogP contribution in [0.1, 0.15) is 28.4 Å². The molecular formula is C23H20ClN3O2S. The zero-order chi connectivity index (χ0) is 20.9. The Morgan fingerprint density at radius 3 is 2.17 bits per heavy atom. The second-order valence-corrected chi connectivity index (χ2v) is 7.89. The van der Waals surface area contributed by atoms with Crippen molar-refractivity contribution in [3.05, 3.63) is 88.0 Å². The van der Waals surface area contributed by atoms with Gasteiger partial charge >= 0.3 is 5.97 Å². The fourth-order valence-electron chi connectivity index (χ4n) is 3.30. The quantitative estimate of drug-likeness (QED) is 0.273. The molecule has 0 fully saturated rings. The molecule has 152 valence electrons.